The first-order valence-electron chi connectivity index (χ1n) is 9.24. The molecule has 1 N–H and O–H groups in total. The van der Waals surface area contributed by atoms with Gasteiger partial charge in [0.25, 0.3) is 0 Å². The second-order valence-corrected chi connectivity index (χ2v) is 6.57. The molecule has 0 aliphatic carbocycles. The highest BCUT2D eigenvalue weighted by Crippen LogP contribution is 2.30. The summed E-state index contributed by atoms with van der Waals surface area (Å²) in [6, 6.07) is 10.2. The van der Waals surface area contributed by atoms with Gasteiger partial charge in [0.1, 0.15) is 18.0 Å². The first kappa shape index (κ1) is 18.1. The number of aromatic nitrogens is 7. The lowest BCUT2D eigenvalue weighted by Crippen LogP contribution is -2.11. The lowest BCUT2D eigenvalue weighted by molar-refractivity contribution is 0.186. The molecule has 8 nitrogen and oxygen atoms in total. The van der Waals surface area contributed by atoms with Crippen LogP contribution in [0.3, 0.4) is 0 Å². The van der Waals surface area contributed by atoms with E-state index in [2.05, 4.69) is 36.9 Å². The molecule has 0 saturated carbocycles. The maximum absolute atomic E-state index is 5.16. The molecular formula is C20H23N7O. The van der Waals surface area contributed by atoms with Crippen molar-refractivity contribution in [1.82, 2.24) is 34.3 Å². The monoisotopic (exact) mass is 377 g/mol. The minimum absolute atomic E-state index is 0.632. The molecule has 3 heterocycles. The third kappa shape index (κ3) is 3.72. The number of aromatic amines is 1. The Bertz CT molecular complexity index is 1030. The average molecular weight is 377 g/mol. The van der Waals surface area contributed by atoms with Crippen molar-refractivity contribution in [2.45, 2.75) is 26.4 Å². The van der Waals surface area contributed by atoms with Gasteiger partial charge in [-0.3, -0.25) is 0 Å². The predicted octanol–water partition coefficient (Wildman–Crippen LogP) is 2.73. The van der Waals surface area contributed by atoms with E-state index < -0.39 is 0 Å². The summed E-state index contributed by atoms with van der Waals surface area (Å²) in [4.78, 5) is 12.4. The van der Waals surface area contributed by atoms with E-state index in [-0.39, 0.29) is 0 Å². The molecule has 4 aromatic rings. The fourth-order valence-electron chi connectivity index (χ4n) is 3.25. The Morgan fingerprint density at radius 2 is 1.89 bits per heavy atom. The van der Waals surface area contributed by atoms with Gasteiger partial charge < -0.3 is 18.9 Å². The van der Waals surface area contributed by atoms with E-state index in [0.717, 1.165) is 53.8 Å². The van der Waals surface area contributed by atoms with Gasteiger partial charge in [-0.2, -0.15) is 0 Å². The molecule has 0 unspecified atom stereocenters. The largest absolute Gasteiger partial charge is 0.383 e. The summed E-state index contributed by atoms with van der Waals surface area (Å²) in [6.07, 6.45) is 6.23. The molecule has 0 amide bonds. The summed E-state index contributed by atoms with van der Waals surface area (Å²) in [6.45, 7) is 4.06. The van der Waals surface area contributed by atoms with Gasteiger partial charge in [-0.15, -0.1) is 10.2 Å². The Labute approximate surface area is 163 Å². The molecule has 0 atom stereocenters. The van der Waals surface area contributed by atoms with Gasteiger partial charge >= 0.3 is 0 Å². The van der Waals surface area contributed by atoms with E-state index in [1.165, 1.54) is 0 Å². The lowest BCUT2D eigenvalue weighted by Gasteiger charge is -2.10. The normalized spacial score (nSPS) is 11.2. The number of rotatable bonds is 8. The Kier molecular flexibility index (Phi) is 5.29. The molecule has 4 rings (SSSR count). The van der Waals surface area contributed by atoms with Crippen LogP contribution in [0, 0.1) is 6.92 Å². The van der Waals surface area contributed by atoms with Crippen molar-refractivity contribution in [2.75, 3.05) is 13.7 Å². The Morgan fingerprint density at radius 1 is 1.04 bits per heavy atom. The minimum Gasteiger partial charge on any atom is -0.383 e. The number of nitrogens with one attached hydrogen (secondary N) is 1. The van der Waals surface area contributed by atoms with Crippen molar-refractivity contribution in [3.63, 3.8) is 0 Å². The van der Waals surface area contributed by atoms with Gasteiger partial charge in [-0.25, -0.2) is 9.97 Å². The number of hydrogen-bond acceptors (Lipinski definition) is 5. The fourth-order valence-corrected chi connectivity index (χ4v) is 3.25. The fraction of sp³-hybridized carbons (Fsp3) is 0.300. The Morgan fingerprint density at radius 3 is 2.64 bits per heavy atom. The van der Waals surface area contributed by atoms with Crippen LogP contribution in [0.2, 0.25) is 0 Å². The highest BCUT2D eigenvalue weighted by Gasteiger charge is 2.17. The first-order chi connectivity index (χ1) is 13.8. The van der Waals surface area contributed by atoms with Crippen LogP contribution in [0.15, 0.2) is 49.2 Å². The number of ether oxygens (including phenoxy) is 1. The molecule has 8 heteroatoms. The summed E-state index contributed by atoms with van der Waals surface area (Å²) >= 11 is 0. The molecule has 3 aromatic heterocycles. The quantitative estimate of drug-likeness (QED) is 0.510. The summed E-state index contributed by atoms with van der Waals surface area (Å²) in [7, 11) is 1.69. The van der Waals surface area contributed by atoms with Gasteiger partial charge in [-0.1, -0.05) is 30.3 Å². The standard InChI is InChI=1S/C20H23N7O/c1-15-21-12-17(24-15)20-19(16-6-4-3-5-7-16)22-13-27(20)9-8-18-25-23-14-26(18)10-11-28-2/h3-7,12-14H,8-11H2,1-2H3,(H,21,24). The molecule has 1 aromatic carbocycles. The molecule has 0 bridgehead atoms. The number of hydrogen-bond donors (Lipinski definition) is 1. The highest BCUT2D eigenvalue weighted by atomic mass is 16.5. The van der Waals surface area contributed by atoms with E-state index in [1.807, 2.05) is 42.2 Å². The third-order valence-electron chi connectivity index (χ3n) is 4.65. The van der Waals surface area contributed by atoms with Crippen molar-refractivity contribution in [3.05, 3.63) is 60.8 Å². The molecule has 0 aliphatic heterocycles. The Balaban J connectivity index is 1.64. The van der Waals surface area contributed by atoms with Crippen LogP contribution in [-0.4, -0.2) is 48.0 Å². The number of H-pyrrole nitrogens is 1. The maximum atomic E-state index is 5.16. The van der Waals surface area contributed by atoms with Crippen LogP contribution in [0.25, 0.3) is 22.6 Å². The summed E-state index contributed by atoms with van der Waals surface area (Å²) in [5, 5.41) is 8.30. The SMILES string of the molecule is COCCn1cnnc1CCn1cnc(-c2ccccc2)c1-c1cnc(C)[nH]1. The number of aryl methyl sites for hydroxylation is 3. The second kappa shape index (κ2) is 8.18. The van der Waals surface area contributed by atoms with Gasteiger partial charge in [0.05, 0.1) is 36.2 Å². The van der Waals surface area contributed by atoms with E-state index in [1.54, 1.807) is 13.4 Å². The predicted molar refractivity (Wildman–Crippen MR) is 106 cm³/mol. The molecule has 0 saturated heterocycles. The number of methoxy groups -OCH3 is 1. The van der Waals surface area contributed by atoms with Crippen molar-refractivity contribution < 1.29 is 4.74 Å². The minimum atomic E-state index is 0.632. The summed E-state index contributed by atoms with van der Waals surface area (Å²) < 4.78 is 9.33. The Hall–Kier alpha value is -3.26. The molecule has 28 heavy (non-hydrogen) atoms. The number of nitrogens with zero attached hydrogens (tertiary/aromatic N) is 6. The zero-order chi connectivity index (χ0) is 19.3. The van der Waals surface area contributed by atoms with Crippen LogP contribution in [0.5, 0.6) is 0 Å². The van der Waals surface area contributed by atoms with Crippen LogP contribution in [0.1, 0.15) is 11.6 Å². The van der Waals surface area contributed by atoms with E-state index in [0.29, 0.717) is 6.61 Å². The summed E-state index contributed by atoms with van der Waals surface area (Å²) in [5.74, 6) is 1.81. The smallest absolute Gasteiger partial charge is 0.134 e. The van der Waals surface area contributed by atoms with E-state index >= 15 is 0 Å². The zero-order valence-electron chi connectivity index (χ0n) is 16.0. The van der Waals surface area contributed by atoms with Crippen LogP contribution >= 0.6 is 0 Å². The molecule has 0 fully saturated rings. The van der Waals surface area contributed by atoms with Crippen molar-refractivity contribution in [1.29, 1.82) is 0 Å². The summed E-state index contributed by atoms with van der Waals surface area (Å²) in [5.41, 5.74) is 3.99. The molecule has 0 radical (unpaired) electrons. The van der Waals surface area contributed by atoms with Gasteiger partial charge in [0.2, 0.25) is 0 Å². The number of benzene rings is 1. The zero-order valence-corrected chi connectivity index (χ0v) is 16.0. The maximum Gasteiger partial charge on any atom is 0.134 e. The van der Waals surface area contributed by atoms with Crippen LogP contribution in [0.4, 0.5) is 0 Å². The van der Waals surface area contributed by atoms with Crippen molar-refractivity contribution in [3.8, 4) is 22.6 Å². The highest BCUT2D eigenvalue weighted by molar-refractivity contribution is 5.76. The van der Waals surface area contributed by atoms with E-state index in [4.69, 9.17) is 9.72 Å². The third-order valence-corrected chi connectivity index (χ3v) is 4.65. The molecule has 144 valence electrons. The average Bonchev–Trinajstić information content (AvgIpc) is 3.44. The van der Waals surface area contributed by atoms with Crippen LogP contribution < -0.4 is 0 Å². The van der Waals surface area contributed by atoms with Crippen LogP contribution in [-0.2, 0) is 24.2 Å². The topological polar surface area (TPSA) is 86.4 Å². The van der Waals surface area contributed by atoms with Crippen molar-refractivity contribution in [2.24, 2.45) is 0 Å². The van der Waals surface area contributed by atoms with Gasteiger partial charge in [0.15, 0.2) is 0 Å². The first-order valence-corrected chi connectivity index (χ1v) is 9.24. The molecule has 0 spiro atoms. The lowest BCUT2D eigenvalue weighted by atomic mass is 10.1. The molecular weight excluding hydrogens is 354 g/mol. The molecule has 0 aliphatic rings. The van der Waals surface area contributed by atoms with Gasteiger partial charge in [0, 0.05) is 32.2 Å². The number of imidazole rings is 2. The van der Waals surface area contributed by atoms with Gasteiger partial charge in [-0.05, 0) is 6.92 Å². The second-order valence-electron chi connectivity index (χ2n) is 6.57. The van der Waals surface area contributed by atoms with E-state index in [9.17, 15) is 0 Å². The van der Waals surface area contributed by atoms with Crippen molar-refractivity contribution >= 4 is 0 Å².